The van der Waals surface area contributed by atoms with Crippen molar-refractivity contribution in [2.45, 2.75) is 6.92 Å². The lowest BCUT2D eigenvalue weighted by Gasteiger charge is -2.07. The van der Waals surface area contributed by atoms with Gasteiger partial charge < -0.3 is 4.74 Å². The Morgan fingerprint density at radius 1 is 0.947 bits per heavy atom. The summed E-state index contributed by atoms with van der Waals surface area (Å²) in [5, 5.41) is 1.58. The van der Waals surface area contributed by atoms with Crippen LogP contribution in [0.25, 0.3) is 10.9 Å². The van der Waals surface area contributed by atoms with Gasteiger partial charge in [-0.15, -0.1) is 0 Å². The molecule has 0 aliphatic rings. The zero-order valence-electron chi connectivity index (χ0n) is 10.4. The Labute approximate surface area is 116 Å². The van der Waals surface area contributed by atoms with Gasteiger partial charge in [0.1, 0.15) is 11.5 Å². The fourth-order valence-corrected chi connectivity index (χ4v) is 2.11. The van der Waals surface area contributed by atoms with Crippen molar-refractivity contribution in [2.75, 3.05) is 0 Å². The molecule has 1 aromatic heterocycles. The standard InChI is InChI=1S/C16H12ClNO/c1-11-2-4-12(5-3-11)19-13-6-7-16-14(10-13)15(17)8-9-18-16/h2-10H,1H3. The molecule has 94 valence electrons. The lowest BCUT2D eigenvalue weighted by Crippen LogP contribution is -1.86. The molecule has 3 rings (SSSR count). The number of hydrogen-bond acceptors (Lipinski definition) is 2. The third kappa shape index (κ3) is 2.54. The van der Waals surface area contributed by atoms with Gasteiger partial charge in [-0.3, -0.25) is 4.98 Å². The molecule has 0 amide bonds. The zero-order chi connectivity index (χ0) is 13.2. The smallest absolute Gasteiger partial charge is 0.128 e. The number of aromatic nitrogens is 1. The van der Waals surface area contributed by atoms with Crippen LogP contribution in [0.5, 0.6) is 11.5 Å². The zero-order valence-corrected chi connectivity index (χ0v) is 11.2. The number of rotatable bonds is 2. The summed E-state index contributed by atoms with van der Waals surface area (Å²) < 4.78 is 5.81. The Morgan fingerprint density at radius 3 is 2.47 bits per heavy atom. The topological polar surface area (TPSA) is 22.1 Å². The lowest BCUT2D eigenvalue weighted by atomic mass is 10.2. The van der Waals surface area contributed by atoms with E-state index in [1.807, 2.05) is 49.4 Å². The number of ether oxygens (including phenoxy) is 1. The predicted octanol–water partition coefficient (Wildman–Crippen LogP) is 4.99. The number of aryl methyl sites for hydroxylation is 1. The molecule has 0 saturated carbocycles. The van der Waals surface area contributed by atoms with Crippen molar-refractivity contribution >= 4 is 22.5 Å². The van der Waals surface area contributed by atoms with Crippen LogP contribution in [0, 0.1) is 6.92 Å². The normalized spacial score (nSPS) is 10.6. The van der Waals surface area contributed by atoms with Crippen molar-refractivity contribution in [3.63, 3.8) is 0 Å². The van der Waals surface area contributed by atoms with Gasteiger partial charge in [0.25, 0.3) is 0 Å². The number of fused-ring (bicyclic) bond motifs is 1. The van der Waals surface area contributed by atoms with Crippen molar-refractivity contribution < 1.29 is 4.74 Å². The molecule has 2 nitrogen and oxygen atoms in total. The number of nitrogens with zero attached hydrogens (tertiary/aromatic N) is 1. The predicted molar refractivity (Wildman–Crippen MR) is 78.0 cm³/mol. The first-order valence-electron chi connectivity index (χ1n) is 6.01. The van der Waals surface area contributed by atoms with Gasteiger partial charge in [-0.2, -0.15) is 0 Å². The first-order chi connectivity index (χ1) is 9.22. The van der Waals surface area contributed by atoms with E-state index < -0.39 is 0 Å². The van der Waals surface area contributed by atoms with E-state index in [2.05, 4.69) is 4.98 Å². The Balaban J connectivity index is 1.97. The highest BCUT2D eigenvalue weighted by Crippen LogP contribution is 2.28. The molecule has 3 heteroatoms. The summed E-state index contributed by atoms with van der Waals surface area (Å²) in [6.07, 6.45) is 1.70. The molecule has 1 heterocycles. The van der Waals surface area contributed by atoms with Crippen LogP contribution in [0.2, 0.25) is 5.02 Å². The van der Waals surface area contributed by atoms with Gasteiger partial charge in [0.15, 0.2) is 0 Å². The fraction of sp³-hybridized carbons (Fsp3) is 0.0625. The highest BCUT2D eigenvalue weighted by atomic mass is 35.5. The van der Waals surface area contributed by atoms with E-state index in [0.717, 1.165) is 22.4 Å². The summed E-state index contributed by atoms with van der Waals surface area (Å²) >= 11 is 6.16. The second kappa shape index (κ2) is 4.90. The Kier molecular flexibility index (Phi) is 3.10. The highest BCUT2D eigenvalue weighted by molar-refractivity contribution is 6.35. The second-order valence-electron chi connectivity index (χ2n) is 4.39. The molecule has 0 unspecified atom stereocenters. The maximum atomic E-state index is 6.16. The third-order valence-electron chi connectivity index (χ3n) is 2.92. The van der Waals surface area contributed by atoms with Gasteiger partial charge in [-0.1, -0.05) is 29.3 Å². The van der Waals surface area contributed by atoms with Crippen molar-refractivity contribution in [2.24, 2.45) is 0 Å². The molecule has 0 bridgehead atoms. The van der Waals surface area contributed by atoms with Gasteiger partial charge in [0.05, 0.1) is 10.5 Å². The number of pyridine rings is 1. The van der Waals surface area contributed by atoms with Gasteiger partial charge in [-0.25, -0.2) is 0 Å². The van der Waals surface area contributed by atoms with Gasteiger partial charge in [0, 0.05) is 11.6 Å². The van der Waals surface area contributed by atoms with Crippen LogP contribution < -0.4 is 4.74 Å². The van der Waals surface area contributed by atoms with Crippen LogP contribution in [-0.2, 0) is 0 Å². The minimum Gasteiger partial charge on any atom is -0.457 e. The number of benzene rings is 2. The summed E-state index contributed by atoms with van der Waals surface area (Å²) in [4.78, 5) is 4.26. The maximum Gasteiger partial charge on any atom is 0.128 e. The molecule has 0 saturated heterocycles. The quantitative estimate of drug-likeness (QED) is 0.654. The van der Waals surface area contributed by atoms with E-state index in [9.17, 15) is 0 Å². The average molecular weight is 270 g/mol. The summed E-state index contributed by atoms with van der Waals surface area (Å²) in [7, 11) is 0. The SMILES string of the molecule is Cc1ccc(Oc2ccc3nccc(Cl)c3c2)cc1. The molecule has 0 N–H and O–H groups in total. The summed E-state index contributed by atoms with van der Waals surface area (Å²) in [5.41, 5.74) is 2.07. The average Bonchev–Trinajstić information content (AvgIpc) is 2.42. The van der Waals surface area contributed by atoms with Crippen molar-refractivity contribution in [1.82, 2.24) is 4.98 Å². The molecule has 19 heavy (non-hydrogen) atoms. The van der Waals surface area contributed by atoms with E-state index in [4.69, 9.17) is 16.3 Å². The second-order valence-corrected chi connectivity index (χ2v) is 4.79. The molecule has 0 aliphatic heterocycles. The van der Waals surface area contributed by atoms with Crippen LogP contribution in [0.4, 0.5) is 0 Å². The number of halogens is 1. The molecule has 2 aromatic carbocycles. The molecular weight excluding hydrogens is 258 g/mol. The minimum atomic E-state index is 0.680. The largest absolute Gasteiger partial charge is 0.457 e. The maximum absolute atomic E-state index is 6.16. The Bertz CT molecular complexity index is 722. The van der Waals surface area contributed by atoms with Crippen molar-refractivity contribution in [3.8, 4) is 11.5 Å². The first kappa shape index (κ1) is 12.0. The van der Waals surface area contributed by atoms with Crippen LogP contribution in [-0.4, -0.2) is 4.98 Å². The lowest BCUT2D eigenvalue weighted by molar-refractivity contribution is 0.483. The van der Waals surface area contributed by atoms with Crippen LogP contribution in [0.3, 0.4) is 0 Å². The van der Waals surface area contributed by atoms with Crippen LogP contribution >= 0.6 is 11.6 Å². The van der Waals surface area contributed by atoms with Gasteiger partial charge in [0.2, 0.25) is 0 Å². The summed E-state index contributed by atoms with van der Waals surface area (Å²) in [5.74, 6) is 1.57. The molecule has 0 radical (unpaired) electrons. The number of hydrogen-bond donors (Lipinski definition) is 0. The molecule has 0 atom stereocenters. The molecule has 0 aliphatic carbocycles. The van der Waals surface area contributed by atoms with Gasteiger partial charge >= 0.3 is 0 Å². The Morgan fingerprint density at radius 2 is 1.68 bits per heavy atom. The molecule has 3 aromatic rings. The monoisotopic (exact) mass is 269 g/mol. The van der Waals surface area contributed by atoms with Crippen molar-refractivity contribution in [1.29, 1.82) is 0 Å². The fourth-order valence-electron chi connectivity index (χ4n) is 1.90. The molecular formula is C16H12ClNO. The minimum absolute atomic E-state index is 0.680. The molecule has 0 fully saturated rings. The Hall–Kier alpha value is -2.06. The summed E-state index contributed by atoms with van der Waals surface area (Å²) in [6.45, 7) is 2.05. The van der Waals surface area contributed by atoms with Gasteiger partial charge in [-0.05, 0) is 43.3 Å². The first-order valence-corrected chi connectivity index (χ1v) is 6.39. The summed E-state index contributed by atoms with van der Waals surface area (Å²) in [6, 6.07) is 15.4. The van der Waals surface area contributed by atoms with E-state index in [1.54, 1.807) is 12.3 Å². The van der Waals surface area contributed by atoms with E-state index in [1.165, 1.54) is 5.56 Å². The van der Waals surface area contributed by atoms with E-state index in [-0.39, 0.29) is 0 Å². The van der Waals surface area contributed by atoms with Crippen LogP contribution in [0.1, 0.15) is 5.56 Å². The van der Waals surface area contributed by atoms with Crippen molar-refractivity contribution in [3.05, 3.63) is 65.3 Å². The van der Waals surface area contributed by atoms with E-state index in [0.29, 0.717) is 5.02 Å². The van der Waals surface area contributed by atoms with E-state index >= 15 is 0 Å². The molecule has 0 spiro atoms. The van der Waals surface area contributed by atoms with Crippen LogP contribution in [0.15, 0.2) is 54.7 Å². The third-order valence-corrected chi connectivity index (χ3v) is 3.25. The highest BCUT2D eigenvalue weighted by Gasteiger charge is 2.03.